The minimum Gasteiger partial charge on any atom is -0.494 e. The number of piperidine rings is 1. The van der Waals surface area contributed by atoms with Crippen molar-refractivity contribution >= 4 is 52.0 Å². The number of fused-ring (bicyclic) bond motifs is 1. The average Bonchev–Trinajstić information content (AvgIpc) is 3.30. The first-order valence-electron chi connectivity index (χ1n) is 14.1. The van der Waals surface area contributed by atoms with Gasteiger partial charge < -0.3 is 29.4 Å². The van der Waals surface area contributed by atoms with Gasteiger partial charge in [0.2, 0.25) is 0 Å². The molecule has 0 spiro atoms. The summed E-state index contributed by atoms with van der Waals surface area (Å²) in [6.45, 7) is 7.88. The van der Waals surface area contributed by atoms with Crippen LogP contribution in [0.4, 0.5) is 11.7 Å². The molecule has 3 aliphatic rings. The Morgan fingerprint density at radius 2 is 1.98 bits per heavy atom. The van der Waals surface area contributed by atoms with Crippen LogP contribution in [0.3, 0.4) is 0 Å². The molecule has 2 N–H and O–H groups in total. The summed E-state index contributed by atoms with van der Waals surface area (Å²) in [7, 11) is 1.64. The summed E-state index contributed by atoms with van der Waals surface area (Å²) in [6.07, 6.45) is 3.92. The van der Waals surface area contributed by atoms with E-state index in [1.165, 1.54) is 12.8 Å². The second-order valence-electron chi connectivity index (χ2n) is 12.0. The van der Waals surface area contributed by atoms with Crippen molar-refractivity contribution in [3.05, 3.63) is 45.9 Å². The summed E-state index contributed by atoms with van der Waals surface area (Å²) < 4.78 is 12.0. The number of carboxylic acids is 1. The largest absolute Gasteiger partial charge is 0.494 e. The van der Waals surface area contributed by atoms with Gasteiger partial charge in [0.05, 0.1) is 18.6 Å². The Hall–Kier alpha value is -2.68. The third-order valence-corrected chi connectivity index (χ3v) is 9.82. The summed E-state index contributed by atoms with van der Waals surface area (Å²) in [5, 5.41) is 14.2. The molecule has 0 amide bonds. The number of halogens is 2. The van der Waals surface area contributed by atoms with Crippen molar-refractivity contribution < 1.29 is 19.1 Å². The van der Waals surface area contributed by atoms with E-state index in [1.807, 2.05) is 38.1 Å². The Morgan fingerprint density at radius 3 is 2.67 bits per heavy atom. The second-order valence-corrected chi connectivity index (χ2v) is 12.9. The van der Waals surface area contributed by atoms with Gasteiger partial charge in [-0.2, -0.15) is 4.98 Å². The highest BCUT2D eigenvalue weighted by molar-refractivity contribution is 6.35. The van der Waals surface area contributed by atoms with E-state index in [0.29, 0.717) is 45.3 Å². The summed E-state index contributed by atoms with van der Waals surface area (Å²) in [5.74, 6) is 1.21. The number of oxazole rings is 1. The highest BCUT2D eigenvalue weighted by Gasteiger charge is 2.49. The molecule has 2 aromatic carbocycles. The van der Waals surface area contributed by atoms with E-state index in [0.717, 1.165) is 55.8 Å². The quantitative estimate of drug-likeness (QED) is 0.300. The Morgan fingerprint density at radius 1 is 1.20 bits per heavy atom. The zero-order valence-corrected chi connectivity index (χ0v) is 24.6. The fourth-order valence-electron chi connectivity index (χ4n) is 6.69. The number of aliphatic carboxylic acids is 1. The van der Waals surface area contributed by atoms with Crippen molar-refractivity contribution in [3.8, 4) is 5.75 Å². The number of carbonyl (C=O) groups is 1. The van der Waals surface area contributed by atoms with E-state index >= 15 is 0 Å². The molecule has 10 heteroatoms. The maximum absolute atomic E-state index is 11.5. The molecule has 214 valence electrons. The molecule has 2 atom stereocenters. The van der Waals surface area contributed by atoms with Crippen molar-refractivity contribution in [2.75, 3.05) is 43.5 Å². The number of nitrogens with one attached hydrogen (secondary N) is 1. The number of anilines is 2. The van der Waals surface area contributed by atoms with Crippen LogP contribution < -0.4 is 15.0 Å². The van der Waals surface area contributed by atoms with Crippen LogP contribution >= 0.6 is 23.2 Å². The third-order valence-electron chi connectivity index (χ3n) is 9.26. The van der Waals surface area contributed by atoms with Gasteiger partial charge in [0.25, 0.3) is 6.01 Å². The Labute approximate surface area is 244 Å². The van der Waals surface area contributed by atoms with Crippen molar-refractivity contribution in [1.29, 1.82) is 0 Å². The maximum Gasteiger partial charge on any atom is 0.309 e. The minimum atomic E-state index is -0.663. The van der Waals surface area contributed by atoms with Crippen LogP contribution in [0, 0.1) is 17.3 Å². The molecule has 8 nitrogen and oxygen atoms in total. The first kappa shape index (κ1) is 27.5. The topological polar surface area (TPSA) is 91.1 Å². The smallest absolute Gasteiger partial charge is 0.309 e. The number of benzene rings is 2. The van der Waals surface area contributed by atoms with E-state index < -0.39 is 11.4 Å². The predicted molar refractivity (Wildman–Crippen MR) is 158 cm³/mol. The highest BCUT2D eigenvalue weighted by Crippen LogP contribution is 2.46. The minimum absolute atomic E-state index is 0.121. The SMILES string of the molecule is COc1ccc2nc(N3CC([C@H]4CCCN(C5CC(C)(C(=O)O)C5)C4)C3)oc2c1N[C@H](C)c1ccc(Cl)cc1Cl. The van der Waals surface area contributed by atoms with E-state index in [2.05, 4.69) is 15.1 Å². The van der Waals surface area contributed by atoms with Crippen LogP contribution in [-0.4, -0.2) is 60.3 Å². The first-order valence-corrected chi connectivity index (χ1v) is 14.8. The molecular formula is C30H36Cl2N4O4. The van der Waals surface area contributed by atoms with E-state index in [9.17, 15) is 9.90 Å². The lowest BCUT2D eigenvalue weighted by molar-refractivity contribution is -0.158. The van der Waals surface area contributed by atoms with Gasteiger partial charge in [-0.15, -0.1) is 0 Å². The predicted octanol–water partition coefficient (Wildman–Crippen LogP) is 6.72. The molecule has 1 aliphatic carbocycles. The molecule has 2 saturated heterocycles. The molecule has 1 saturated carbocycles. The number of nitrogens with zero attached hydrogens (tertiary/aromatic N) is 3. The average molecular weight is 588 g/mol. The lowest BCUT2D eigenvalue weighted by atomic mass is 9.65. The number of aromatic nitrogens is 1. The van der Waals surface area contributed by atoms with E-state index in [1.54, 1.807) is 13.2 Å². The van der Waals surface area contributed by atoms with Crippen molar-refractivity contribution in [3.63, 3.8) is 0 Å². The molecule has 0 radical (unpaired) electrons. The molecule has 3 heterocycles. The lowest BCUT2D eigenvalue weighted by Crippen LogP contribution is -2.58. The van der Waals surface area contributed by atoms with Gasteiger partial charge in [-0.25, -0.2) is 0 Å². The molecule has 0 unspecified atom stereocenters. The standard InChI is InChI=1S/C30H36Cl2N4O4/c1-17(22-7-6-20(31)11-23(22)32)33-26-25(39-3)9-8-24-27(26)40-29(34-24)36-15-19(16-36)18-5-4-10-35(14-18)21-12-30(2,13-21)28(37)38/h6-9,11,17-19,21,33H,4-5,10,12-16H2,1-3H3,(H,37,38)/t17-,18+,21?,30?/m1/s1. The number of ether oxygens (including phenoxy) is 1. The normalized spacial score (nSPS) is 26.3. The molecule has 3 fully saturated rings. The number of methoxy groups -OCH3 is 1. The fourth-order valence-corrected chi connectivity index (χ4v) is 7.26. The summed E-state index contributed by atoms with van der Waals surface area (Å²) in [4.78, 5) is 21.1. The molecule has 6 rings (SSSR count). The maximum atomic E-state index is 11.5. The van der Waals surface area contributed by atoms with Crippen LogP contribution in [0.15, 0.2) is 34.7 Å². The third kappa shape index (κ3) is 4.99. The van der Waals surface area contributed by atoms with Crippen LogP contribution in [0.1, 0.15) is 51.1 Å². The number of likely N-dealkylation sites (tertiary alicyclic amines) is 1. The van der Waals surface area contributed by atoms with Crippen LogP contribution in [-0.2, 0) is 4.79 Å². The molecule has 40 heavy (non-hydrogen) atoms. The van der Waals surface area contributed by atoms with Gasteiger partial charge in [-0.05, 0) is 87.7 Å². The Kier molecular flexibility index (Phi) is 7.30. The summed E-state index contributed by atoms with van der Waals surface area (Å²) >= 11 is 12.6. The number of rotatable bonds is 8. The molecular weight excluding hydrogens is 551 g/mol. The van der Waals surface area contributed by atoms with Gasteiger partial charge in [-0.1, -0.05) is 29.3 Å². The van der Waals surface area contributed by atoms with Gasteiger partial charge in [0.15, 0.2) is 5.58 Å². The summed E-state index contributed by atoms with van der Waals surface area (Å²) in [5.41, 5.74) is 2.54. The number of hydrogen-bond donors (Lipinski definition) is 2. The van der Waals surface area contributed by atoms with Crippen LogP contribution in [0.2, 0.25) is 10.0 Å². The second kappa shape index (κ2) is 10.6. The Bertz CT molecular complexity index is 1420. The molecule has 2 aliphatic heterocycles. The van der Waals surface area contributed by atoms with E-state index in [4.69, 9.17) is 37.3 Å². The zero-order valence-electron chi connectivity index (χ0n) is 23.1. The molecule has 0 bridgehead atoms. The van der Waals surface area contributed by atoms with Crippen molar-refractivity contribution in [2.45, 2.75) is 51.6 Å². The van der Waals surface area contributed by atoms with Gasteiger partial charge >= 0.3 is 5.97 Å². The van der Waals surface area contributed by atoms with E-state index in [-0.39, 0.29) is 6.04 Å². The van der Waals surface area contributed by atoms with Gasteiger partial charge in [0, 0.05) is 35.7 Å². The zero-order chi connectivity index (χ0) is 28.2. The number of carboxylic acid groups (broad SMARTS) is 1. The fraction of sp³-hybridized carbons (Fsp3) is 0.533. The molecule has 3 aromatic rings. The summed E-state index contributed by atoms with van der Waals surface area (Å²) in [6, 6.07) is 10.2. The van der Waals surface area contributed by atoms with Crippen molar-refractivity contribution in [1.82, 2.24) is 9.88 Å². The molecule has 1 aromatic heterocycles. The van der Waals surface area contributed by atoms with Gasteiger partial charge in [0.1, 0.15) is 17.0 Å². The first-order chi connectivity index (χ1) is 19.1. The van der Waals surface area contributed by atoms with Gasteiger partial charge in [-0.3, -0.25) is 4.79 Å². The number of hydrogen-bond acceptors (Lipinski definition) is 7. The van der Waals surface area contributed by atoms with Crippen LogP contribution in [0.25, 0.3) is 11.1 Å². The van der Waals surface area contributed by atoms with Crippen LogP contribution in [0.5, 0.6) is 5.75 Å². The lowest BCUT2D eigenvalue weighted by Gasteiger charge is -2.52. The Balaban J connectivity index is 1.13. The monoisotopic (exact) mass is 586 g/mol. The van der Waals surface area contributed by atoms with Crippen molar-refractivity contribution in [2.24, 2.45) is 17.3 Å². The highest BCUT2D eigenvalue weighted by atomic mass is 35.5.